The topological polar surface area (TPSA) is 74.6 Å². The van der Waals surface area contributed by atoms with Crippen LogP contribution in [0.3, 0.4) is 0 Å². The van der Waals surface area contributed by atoms with E-state index >= 15 is 0 Å². The van der Waals surface area contributed by atoms with Gasteiger partial charge in [-0.15, -0.1) is 0 Å². The van der Waals surface area contributed by atoms with Gasteiger partial charge in [0.2, 0.25) is 0 Å². The summed E-state index contributed by atoms with van der Waals surface area (Å²) in [6, 6.07) is 0. The van der Waals surface area contributed by atoms with Crippen LogP contribution >= 0.6 is 0 Å². The highest BCUT2D eigenvalue weighted by Crippen LogP contribution is 2.37. The summed E-state index contributed by atoms with van der Waals surface area (Å²) in [5.41, 5.74) is -0.492. The lowest BCUT2D eigenvalue weighted by molar-refractivity contribution is -0.151. The van der Waals surface area contributed by atoms with Crippen LogP contribution in [0.5, 0.6) is 0 Å². The van der Waals surface area contributed by atoms with Crippen LogP contribution in [0.2, 0.25) is 0 Å². The van der Waals surface area contributed by atoms with Crippen LogP contribution in [0, 0.1) is 11.3 Å². The van der Waals surface area contributed by atoms with Gasteiger partial charge in [0.25, 0.3) is 0 Å². The summed E-state index contributed by atoms with van der Waals surface area (Å²) in [5.74, 6) is -1.28. The Morgan fingerprint density at radius 1 is 0.375 bits per heavy atom. The number of aliphatic carboxylic acids is 2. The first-order chi connectivity index (χ1) is 27.4. The molecule has 2 atom stereocenters. The Bertz CT molecular complexity index is 893. The van der Waals surface area contributed by atoms with Gasteiger partial charge >= 0.3 is 11.9 Å². The maximum absolute atomic E-state index is 12.5. The molecule has 0 saturated carbocycles. The number of carboxylic acid groups (broad SMARTS) is 2. The largest absolute Gasteiger partial charge is 0.481 e. The molecule has 0 fully saturated rings. The SMILES string of the molecule is CCCCCCCC/C=C\CCCCCCCCC(CCCCCC/C=C\CCCCCCCCC(CCCC)(CCCCCCCCCC)C(=O)O)C(=O)O. The van der Waals surface area contributed by atoms with E-state index in [2.05, 4.69) is 45.1 Å². The van der Waals surface area contributed by atoms with E-state index in [0.717, 1.165) is 89.9 Å². The number of carbonyl (C=O) groups is 2. The molecule has 0 spiro atoms. The third-order valence-electron chi connectivity index (χ3n) is 12.5. The van der Waals surface area contributed by atoms with Crippen molar-refractivity contribution in [3.8, 4) is 0 Å². The molecular formula is C52H98O4. The molecule has 0 aromatic rings. The second kappa shape index (κ2) is 43.0. The van der Waals surface area contributed by atoms with Crippen molar-refractivity contribution in [3.05, 3.63) is 24.3 Å². The number of unbranched alkanes of at least 4 members (excludes halogenated alkanes) is 30. The fourth-order valence-electron chi connectivity index (χ4n) is 8.51. The minimum absolute atomic E-state index is 0.152. The Balaban J connectivity index is 3.82. The zero-order valence-electron chi connectivity index (χ0n) is 38.1. The van der Waals surface area contributed by atoms with Crippen LogP contribution in [0.4, 0.5) is 0 Å². The minimum Gasteiger partial charge on any atom is -0.481 e. The molecule has 0 aromatic carbocycles. The van der Waals surface area contributed by atoms with Gasteiger partial charge in [-0.2, -0.15) is 0 Å². The number of hydrogen-bond donors (Lipinski definition) is 2. The highest BCUT2D eigenvalue weighted by molar-refractivity contribution is 5.74. The third kappa shape index (κ3) is 35.6. The lowest BCUT2D eigenvalue weighted by Gasteiger charge is -2.30. The van der Waals surface area contributed by atoms with E-state index in [0.29, 0.717) is 0 Å². The lowest BCUT2D eigenvalue weighted by Crippen LogP contribution is -2.31. The molecule has 0 radical (unpaired) electrons. The predicted octanol–water partition coefficient (Wildman–Crippen LogP) is 17.9. The van der Waals surface area contributed by atoms with Crippen LogP contribution in [-0.2, 0) is 9.59 Å². The molecule has 0 saturated heterocycles. The number of rotatable bonds is 46. The maximum atomic E-state index is 12.5. The molecule has 0 aromatic heterocycles. The van der Waals surface area contributed by atoms with E-state index in [1.54, 1.807) is 0 Å². The maximum Gasteiger partial charge on any atom is 0.309 e. The van der Waals surface area contributed by atoms with Gasteiger partial charge in [0.05, 0.1) is 11.3 Å². The molecule has 4 heteroatoms. The van der Waals surface area contributed by atoms with E-state index in [1.165, 1.54) is 173 Å². The molecule has 4 nitrogen and oxygen atoms in total. The number of allylic oxidation sites excluding steroid dienone is 4. The van der Waals surface area contributed by atoms with Gasteiger partial charge in [-0.3, -0.25) is 9.59 Å². The first-order valence-electron chi connectivity index (χ1n) is 25.2. The summed E-state index contributed by atoms with van der Waals surface area (Å²) in [6.07, 6.45) is 58.2. The Morgan fingerprint density at radius 2 is 0.643 bits per heavy atom. The second-order valence-electron chi connectivity index (χ2n) is 17.8. The molecule has 0 amide bonds. The van der Waals surface area contributed by atoms with Crippen molar-refractivity contribution in [1.82, 2.24) is 0 Å². The molecule has 0 aliphatic rings. The highest BCUT2D eigenvalue weighted by atomic mass is 16.4. The minimum atomic E-state index is -0.590. The van der Waals surface area contributed by atoms with Crippen LogP contribution in [0.1, 0.15) is 284 Å². The van der Waals surface area contributed by atoms with E-state index in [1.807, 2.05) is 0 Å². The molecule has 2 unspecified atom stereocenters. The molecule has 2 N–H and O–H groups in total. The van der Waals surface area contributed by atoms with Crippen LogP contribution in [-0.4, -0.2) is 22.2 Å². The first-order valence-corrected chi connectivity index (χ1v) is 25.2. The zero-order valence-corrected chi connectivity index (χ0v) is 38.1. The molecule has 0 heterocycles. The number of hydrogen-bond acceptors (Lipinski definition) is 2. The second-order valence-corrected chi connectivity index (χ2v) is 17.8. The Morgan fingerprint density at radius 3 is 0.946 bits per heavy atom. The van der Waals surface area contributed by atoms with Gasteiger partial charge in [0, 0.05) is 0 Å². The predicted molar refractivity (Wildman–Crippen MR) is 246 cm³/mol. The van der Waals surface area contributed by atoms with Crippen molar-refractivity contribution in [1.29, 1.82) is 0 Å². The summed E-state index contributed by atoms with van der Waals surface area (Å²) in [4.78, 5) is 24.3. The van der Waals surface area contributed by atoms with E-state index < -0.39 is 17.4 Å². The van der Waals surface area contributed by atoms with Gasteiger partial charge in [-0.05, 0) is 83.5 Å². The van der Waals surface area contributed by atoms with Gasteiger partial charge in [-0.1, -0.05) is 225 Å². The normalized spacial score (nSPS) is 13.6. The fourth-order valence-corrected chi connectivity index (χ4v) is 8.51. The Hall–Kier alpha value is -1.58. The van der Waals surface area contributed by atoms with Crippen LogP contribution in [0.15, 0.2) is 24.3 Å². The van der Waals surface area contributed by atoms with E-state index in [4.69, 9.17) is 0 Å². The van der Waals surface area contributed by atoms with Gasteiger partial charge in [0.15, 0.2) is 0 Å². The molecule has 0 rings (SSSR count). The molecule has 330 valence electrons. The van der Waals surface area contributed by atoms with Gasteiger partial charge in [-0.25, -0.2) is 0 Å². The van der Waals surface area contributed by atoms with Crippen molar-refractivity contribution >= 4 is 11.9 Å². The highest BCUT2D eigenvalue weighted by Gasteiger charge is 2.36. The monoisotopic (exact) mass is 787 g/mol. The quantitative estimate of drug-likeness (QED) is 0.0476. The van der Waals surface area contributed by atoms with E-state index in [-0.39, 0.29) is 5.92 Å². The third-order valence-corrected chi connectivity index (χ3v) is 12.5. The zero-order chi connectivity index (χ0) is 41.1. The van der Waals surface area contributed by atoms with Crippen molar-refractivity contribution in [2.45, 2.75) is 284 Å². The summed E-state index contributed by atoms with van der Waals surface area (Å²) in [7, 11) is 0. The van der Waals surface area contributed by atoms with Gasteiger partial charge in [0.1, 0.15) is 0 Å². The van der Waals surface area contributed by atoms with Crippen LogP contribution < -0.4 is 0 Å². The summed E-state index contributed by atoms with van der Waals surface area (Å²) in [6.45, 7) is 6.72. The van der Waals surface area contributed by atoms with Crippen molar-refractivity contribution in [2.24, 2.45) is 11.3 Å². The number of carboxylic acids is 2. The molecule has 0 aliphatic carbocycles. The molecule has 0 aliphatic heterocycles. The Labute approximate surface area is 350 Å². The molecule has 0 bridgehead atoms. The molecule has 56 heavy (non-hydrogen) atoms. The summed E-state index contributed by atoms with van der Waals surface area (Å²) < 4.78 is 0. The lowest BCUT2D eigenvalue weighted by atomic mass is 9.74. The van der Waals surface area contributed by atoms with Crippen molar-refractivity contribution < 1.29 is 19.8 Å². The smallest absolute Gasteiger partial charge is 0.309 e. The van der Waals surface area contributed by atoms with Crippen molar-refractivity contribution in [3.63, 3.8) is 0 Å². The fraction of sp³-hybridized carbons (Fsp3) is 0.885. The van der Waals surface area contributed by atoms with Crippen molar-refractivity contribution in [2.75, 3.05) is 0 Å². The van der Waals surface area contributed by atoms with E-state index in [9.17, 15) is 19.8 Å². The van der Waals surface area contributed by atoms with Crippen LogP contribution in [0.25, 0.3) is 0 Å². The first kappa shape index (κ1) is 54.4. The Kier molecular flexibility index (Phi) is 41.8. The van der Waals surface area contributed by atoms with Gasteiger partial charge < -0.3 is 10.2 Å². The average molecular weight is 787 g/mol. The molecular weight excluding hydrogens is 689 g/mol. The standard InChI is InChI=1S/C52H98O4/c1-4-7-10-12-14-16-17-18-19-20-23-26-29-32-36-40-44-49(50(53)54)45-41-37-33-30-27-24-21-22-25-28-31-35-39-43-48-52(51(55)56,46-9-6-3)47-42-38-34-15-13-11-8-5-2/h18-19,21,24,49H,4-17,20,22-23,25-48H2,1-3H3,(H,53,54)(H,55,56)/b19-18-,24-21-. The summed E-state index contributed by atoms with van der Waals surface area (Å²) >= 11 is 0. The average Bonchev–Trinajstić information content (AvgIpc) is 3.19. The summed E-state index contributed by atoms with van der Waals surface area (Å²) in [5, 5.41) is 20.0.